The Morgan fingerprint density at radius 3 is 2.94 bits per heavy atom. The lowest BCUT2D eigenvalue weighted by molar-refractivity contribution is 0.101. The molecule has 2 rings (SSSR count). The first-order valence-electron chi connectivity index (χ1n) is 4.81. The van der Waals surface area contributed by atoms with E-state index in [0.29, 0.717) is 16.5 Å². The van der Waals surface area contributed by atoms with E-state index >= 15 is 0 Å². The van der Waals surface area contributed by atoms with Gasteiger partial charge in [-0.3, -0.25) is 4.79 Å². The molecule has 0 saturated heterocycles. The van der Waals surface area contributed by atoms with Crippen LogP contribution >= 0.6 is 27.5 Å². The molecule has 0 radical (unpaired) electrons. The molecule has 6 heteroatoms. The van der Waals surface area contributed by atoms with Crippen LogP contribution in [0.3, 0.4) is 0 Å². The molecule has 1 N–H and O–H groups in total. The predicted octanol–water partition coefficient (Wildman–Crippen LogP) is 3.09. The van der Waals surface area contributed by atoms with Gasteiger partial charge in [-0.15, -0.1) is 0 Å². The first kappa shape index (κ1) is 12.1. The number of halogens is 2. The summed E-state index contributed by atoms with van der Waals surface area (Å²) in [4.78, 5) is 15.9. The number of nitrogens with zero attached hydrogens (tertiary/aromatic N) is 2. The summed E-state index contributed by atoms with van der Waals surface area (Å²) in [6.45, 7) is 0. The molecular formula is C11H9BrClN3O. The van der Waals surface area contributed by atoms with Crippen molar-refractivity contribution in [3.05, 3.63) is 45.8 Å². The van der Waals surface area contributed by atoms with E-state index in [-0.39, 0.29) is 5.91 Å². The second kappa shape index (κ2) is 4.89. The van der Waals surface area contributed by atoms with Crippen molar-refractivity contribution >= 4 is 39.3 Å². The first-order chi connectivity index (χ1) is 8.08. The lowest BCUT2D eigenvalue weighted by atomic mass is 10.4. The number of hydrogen-bond acceptors (Lipinski definition) is 2. The molecule has 88 valence electrons. The average Bonchev–Trinajstić information content (AvgIpc) is 2.61. The Morgan fingerprint density at radius 1 is 1.59 bits per heavy atom. The van der Waals surface area contributed by atoms with E-state index in [1.54, 1.807) is 42.2 Å². The van der Waals surface area contributed by atoms with Crippen molar-refractivity contribution in [1.82, 2.24) is 9.55 Å². The monoisotopic (exact) mass is 313 g/mol. The van der Waals surface area contributed by atoms with Crippen LogP contribution in [0.25, 0.3) is 0 Å². The largest absolute Gasteiger partial charge is 0.345 e. The summed E-state index contributed by atoms with van der Waals surface area (Å²) in [5.74, 6) is 0.107. The number of hydrogen-bond donors (Lipinski definition) is 1. The highest BCUT2D eigenvalue weighted by atomic mass is 79.9. The smallest absolute Gasteiger partial charge is 0.273 e. The molecule has 0 atom stereocenters. The molecule has 0 unspecified atom stereocenters. The fourth-order valence-corrected chi connectivity index (χ4v) is 2.09. The van der Waals surface area contributed by atoms with E-state index in [2.05, 4.69) is 26.2 Å². The minimum absolute atomic E-state index is 0.251. The molecule has 0 spiro atoms. The molecule has 1 amide bonds. The average molecular weight is 315 g/mol. The van der Waals surface area contributed by atoms with E-state index in [1.165, 1.54) is 0 Å². The van der Waals surface area contributed by atoms with Gasteiger partial charge in [0.1, 0.15) is 5.69 Å². The van der Waals surface area contributed by atoms with Crippen LogP contribution in [0, 0.1) is 0 Å². The number of nitrogens with one attached hydrogen (secondary N) is 1. The summed E-state index contributed by atoms with van der Waals surface area (Å²) in [6.07, 6.45) is 3.37. The van der Waals surface area contributed by atoms with Crippen molar-refractivity contribution in [2.45, 2.75) is 0 Å². The van der Waals surface area contributed by atoms with Gasteiger partial charge in [0.15, 0.2) is 5.82 Å². The standard InChI is InChI=1S/C11H9BrClN3O/c1-16-6-7(12)5-9(16)11(17)15-10-8(13)3-2-4-14-10/h2-6H,1H3,(H,14,15,17). The molecule has 2 aromatic rings. The molecule has 0 aliphatic heterocycles. The molecule has 0 aromatic carbocycles. The van der Waals surface area contributed by atoms with Crippen LogP contribution in [0.1, 0.15) is 10.5 Å². The predicted molar refractivity (Wildman–Crippen MR) is 70.3 cm³/mol. The zero-order valence-corrected chi connectivity index (χ0v) is 11.3. The van der Waals surface area contributed by atoms with E-state index in [9.17, 15) is 4.79 Å². The number of amides is 1. The summed E-state index contributed by atoms with van der Waals surface area (Å²) in [7, 11) is 1.79. The Hall–Kier alpha value is -1.33. The highest BCUT2D eigenvalue weighted by Crippen LogP contribution is 2.19. The number of rotatable bonds is 2. The Morgan fingerprint density at radius 2 is 2.35 bits per heavy atom. The number of pyridine rings is 1. The maximum Gasteiger partial charge on any atom is 0.273 e. The van der Waals surface area contributed by atoms with Gasteiger partial charge >= 0.3 is 0 Å². The highest BCUT2D eigenvalue weighted by molar-refractivity contribution is 9.10. The number of carbonyl (C=O) groups is 1. The van der Waals surface area contributed by atoms with Crippen molar-refractivity contribution in [2.24, 2.45) is 7.05 Å². The zero-order chi connectivity index (χ0) is 12.4. The molecule has 0 saturated carbocycles. The first-order valence-corrected chi connectivity index (χ1v) is 5.99. The highest BCUT2D eigenvalue weighted by Gasteiger charge is 2.13. The van der Waals surface area contributed by atoms with Crippen molar-refractivity contribution in [3.63, 3.8) is 0 Å². The molecule has 4 nitrogen and oxygen atoms in total. The summed E-state index contributed by atoms with van der Waals surface area (Å²) in [5, 5.41) is 3.07. The van der Waals surface area contributed by atoms with Gasteiger partial charge in [0.05, 0.1) is 5.02 Å². The summed E-state index contributed by atoms with van der Waals surface area (Å²) in [6, 6.07) is 5.11. The number of aryl methyl sites for hydroxylation is 1. The lowest BCUT2D eigenvalue weighted by Gasteiger charge is -2.06. The fourth-order valence-electron chi connectivity index (χ4n) is 1.40. The van der Waals surface area contributed by atoms with Crippen LogP contribution in [-0.4, -0.2) is 15.5 Å². The Bertz CT molecular complexity index is 568. The summed E-state index contributed by atoms with van der Waals surface area (Å²) < 4.78 is 2.56. The SMILES string of the molecule is Cn1cc(Br)cc1C(=O)Nc1ncccc1Cl. The molecule has 0 fully saturated rings. The maximum absolute atomic E-state index is 11.9. The molecule has 0 aliphatic carbocycles. The van der Waals surface area contributed by atoms with E-state index in [0.717, 1.165) is 4.47 Å². The van der Waals surface area contributed by atoms with Gasteiger partial charge in [0.2, 0.25) is 0 Å². The van der Waals surface area contributed by atoms with Gasteiger partial charge in [-0.05, 0) is 34.1 Å². The third kappa shape index (κ3) is 2.68. The molecule has 2 aromatic heterocycles. The van der Waals surface area contributed by atoms with Crippen molar-refractivity contribution in [3.8, 4) is 0 Å². The quantitative estimate of drug-likeness (QED) is 0.926. The maximum atomic E-state index is 11.9. The minimum Gasteiger partial charge on any atom is -0.345 e. The molecule has 17 heavy (non-hydrogen) atoms. The lowest BCUT2D eigenvalue weighted by Crippen LogP contribution is -2.16. The topological polar surface area (TPSA) is 46.9 Å². The minimum atomic E-state index is -0.251. The van der Waals surface area contributed by atoms with Crippen LogP contribution in [0.2, 0.25) is 5.02 Å². The third-order valence-corrected chi connectivity index (χ3v) is 2.93. The molecule has 2 heterocycles. The second-order valence-corrected chi connectivity index (χ2v) is 4.77. The Balaban J connectivity index is 2.23. The van der Waals surface area contributed by atoms with Gasteiger partial charge in [-0.2, -0.15) is 0 Å². The van der Waals surface area contributed by atoms with Gasteiger partial charge in [0, 0.05) is 23.9 Å². The summed E-state index contributed by atoms with van der Waals surface area (Å²) >= 11 is 9.22. The van der Waals surface area contributed by atoms with Crippen LogP contribution in [0.4, 0.5) is 5.82 Å². The van der Waals surface area contributed by atoms with Crippen LogP contribution in [0.5, 0.6) is 0 Å². The van der Waals surface area contributed by atoms with E-state index in [1.807, 2.05) is 0 Å². The Labute approximate surface area is 112 Å². The van der Waals surface area contributed by atoms with Crippen molar-refractivity contribution < 1.29 is 4.79 Å². The number of carbonyl (C=O) groups excluding carboxylic acids is 1. The number of anilines is 1. The van der Waals surface area contributed by atoms with Crippen LogP contribution in [-0.2, 0) is 7.05 Å². The van der Waals surface area contributed by atoms with Gasteiger partial charge in [-0.1, -0.05) is 11.6 Å². The molecule has 0 bridgehead atoms. The fraction of sp³-hybridized carbons (Fsp3) is 0.0909. The molecular weight excluding hydrogens is 305 g/mol. The van der Waals surface area contributed by atoms with Gasteiger partial charge in [-0.25, -0.2) is 4.98 Å². The Kier molecular flexibility index (Phi) is 3.49. The zero-order valence-electron chi connectivity index (χ0n) is 8.95. The number of aromatic nitrogens is 2. The second-order valence-electron chi connectivity index (χ2n) is 3.44. The van der Waals surface area contributed by atoms with Crippen molar-refractivity contribution in [2.75, 3.05) is 5.32 Å². The molecule has 0 aliphatic rings. The van der Waals surface area contributed by atoms with Crippen LogP contribution in [0.15, 0.2) is 35.1 Å². The van der Waals surface area contributed by atoms with Gasteiger partial charge < -0.3 is 9.88 Å². The van der Waals surface area contributed by atoms with Crippen molar-refractivity contribution in [1.29, 1.82) is 0 Å². The van der Waals surface area contributed by atoms with Crippen LogP contribution < -0.4 is 5.32 Å². The van der Waals surface area contributed by atoms with Gasteiger partial charge in [0.25, 0.3) is 5.91 Å². The van der Waals surface area contributed by atoms with E-state index < -0.39 is 0 Å². The van der Waals surface area contributed by atoms with E-state index in [4.69, 9.17) is 11.6 Å². The normalized spacial score (nSPS) is 10.3. The third-order valence-electron chi connectivity index (χ3n) is 2.19. The summed E-state index contributed by atoms with van der Waals surface area (Å²) in [5.41, 5.74) is 0.526.